The van der Waals surface area contributed by atoms with Crippen molar-refractivity contribution in [3.05, 3.63) is 64.7 Å². The molecule has 2 aromatic rings. The molecule has 122 valence electrons. The lowest BCUT2D eigenvalue weighted by atomic mass is 10.1. The highest BCUT2D eigenvalue weighted by atomic mass is 35.5. The largest absolute Gasteiger partial charge is 0.493 e. The SMILES string of the molecule is CN(CCCOc1cccc(Cl)c1)C(=O)c1ccc(CN)cc1. The number of carbonyl (C=O) groups is 1. The molecule has 5 heteroatoms. The maximum atomic E-state index is 12.3. The molecule has 0 radical (unpaired) electrons. The van der Waals surface area contributed by atoms with Gasteiger partial charge < -0.3 is 15.4 Å². The molecule has 0 bridgehead atoms. The van der Waals surface area contributed by atoms with Crippen LogP contribution in [0, 0.1) is 0 Å². The van der Waals surface area contributed by atoms with Crippen LogP contribution in [0.4, 0.5) is 0 Å². The van der Waals surface area contributed by atoms with Gasteiger partial charge in [-0.3, -0.25) is 4.79 Å². The van der Waals surface area contributed by atoms with Gasteiger partial charge in [0.1, 0.15) is 5.75 Å². The summed E-state index contributed by atoms with van der Waals surface area (Å²) >= 11 is 5.90. The summed E-state index contributed by atoms with van der Waals surface area (Å²) in [6.07, 6.45) is 0.746. The summed E-state index contributed by atoms with van der Waals surface area (Å²) in [5.41, 5.74) is 7.24. The molecule has 0 saturated heterocycles. The first-order valence-corrected chi connectivity index (χ1v) is 7.91. The maximum absolute atomic E-state index is 12.3. The molecule has 0 heterocycles. The summed E-state index contributed by atoms with van der Waals surface area (Å²) in [5, 5.41) is 0.649. The topological polar surface area (TPSA) is 55.6 Å². The number of amides is 1. The Bertz CT molecular complexity index is 644. The molecule has 2 aromatic carbocycles. The summed E-state index contributed by atoms with van der Waals surface area (Å²) in [4.78, 5) is 14.0. The lowest BCUT2D eigenvalue weighted by molar-refractivity contribution is 0.0788. The number of benzene rings is 2. The van der Waals surface area contributed by atoms with Gasteiger partial charge in [-0.15, -0.1) is 0 Å². The van der Waals surface area contributed by atoms with Crippen LogP contribution in [-0.2, 0) is 6.54 Å². The fraction of sp³-hybridized carbons (Fsp3) is 0.278. The molecule has 0 atom stereocenters. The number of hydrogen-bond donors (Lipinski definition) is 1. The average molecular weight is 333 g/mol. The predicted octanol–water partition coefficient (Wildman–Crippen LogP) is 3.34. The highest BCUT2D eigenvalue weighted by molar-refractivity contribution is 6.30. The van der Waals surface area contributed by atoms with Crippen LogP contribution in [0.1, 0.15) is 22.3 Å². The Balaban J connectivity index is 1.77. The second-order valence-electron chi connectivity index (χ2n) is 5.29. The number of rotatable bonds is 7. The van der Waals surface area contributed by atoms with Gasteiger partial charge >= 0.3 is 0 Å². The molecule has 0 aliphatic carbocycles. The lowest BCUT2D eigenvalue weighted by Crippen LogP contribution is -2.28. The van der Waals surface area contributed by atoms with Crippen LogP contribution >= 0.6 is 11.6 Å². The molecule has 4 nitrogen and oxygen atoms in total. The van der Waals surface area contributed by atoms with Crippen LogP contribution in [0.3, 0.4) is 0 Å². The van der Waals surface area contributed by atoms with Gasteiger partial charge in [0.15, 0.2) is 0 Å². The minimum Gasteiger partial charge on any atom is -0.493 e. The van der Waals surface area contributed by atoms with Gasteiger partial charge in [0.2, 0.25) is 0 Å². The molecule has 1 amide bonds. The molecule has 0 spiro atoms. The minimum absolute atomic E-state index is 0.00340. The fourth-order valence-corrected chi connectivity index (χ4v) is 2.33. The van der Waals surface area contributed by atoms with E-state index < -0.39 is 0 Å². The van der Waals surface area contributed by atoms with Gasteiger partial charge in [-0.25, -0.2) is 0 Å². The van der Waals surface area contributed by atoms with Gasteiger partial charge in [0.25, 0.3) is 5.91 Å². The molecule has 0 aromatic heterocycles. The zero-order valence-electron chi connectivity index (χ0n) is 13.2. The molecular formula is C18H21ClN2O2. The Morgan fingerprint density at radius 1 is 1.22 bits per heavy atom. The van der Waals surface area contributed by atoms with E-state index in [2.05, 4.69) is 0 Å². The van der Waals surface area contributed by atoms with Crippen LogP contribution in [0.15, 0.2) is 48.5 Å². The highest BCUT2D eigenvalue weighted by Crippen LogP contribution is 2.17. The first kappa shape index (κ1) is 17.3. The van der Waals surface area contributed by atoms with Crippen molar-refractivity contribution in [1.29, 1.82) is 0 Å². The summed E-state index contributed by atoms with van der Waals surface area (Å²) in [6.45, 7) is 1.63. The molecule has 0 aliphatic heterocycles. The van der Waals surface area contributed by atoms with Gasteiger partial charge in [-0.1, -0.05) is 29.8 Å². The zero-order chi connectivity index (χ0) is 16.7. The van der Waals surface area contributed by atoms with Crippen LogP contribution in [-0.4, -0.2) is 31.0 Å². The van der Waals surface area contributed by atoms with Crippen LogP contribution in [0.5, 0.6) is 5.75 Å². The van der Waals surface area contributed by atoms with Crippen molar-refractivity contribution in [3.8, 4) is 5.75 Å². The van der Waals surface area contributed by atoms with Gasteiger partial charge in [0.05, 0.1) is 6.61 Å². The normalized spacial score (nSPS) is 10.4. The third kappa shape index (κ3) is 5.27. The number of ether oxygens (including phenoxy) is 1. The highest BCUT2D eigenvalue weighted by Gasteiger charge is 2.11. The van der Waals surface area contributed by atoms with Crippen LogP contribution < -0.4 is 10.5 Å². The monoisotopic (exact) mass is 332 g/mol. The molecule has 2 rings (SSSR count). The summed E-state index contributed by atoms with van der Waals surface area (Å²) in [5.74, 6) is 0.736. The second-order valence-corrected chi connectivity index (χ2v) is 5.72. The number of nitrogens with two attached hydrogens (primary N) is 1. The smallest absolute Gasteiger partial charge is 0.253 e. The minimum atomic E-state index is -0.00340. The van der Waals surface area contributed by atoms with E-state index in [-0.39, 0.29) is 5.91 Å². The van der Waals surface area contributed by atoms with E-state index >= 15 is 0 Å². The van der Waals surface area contributed by atoms with Crippen molar-refractivity contribution in [2.24, 2.45) is 5.73 Å². The van der Waals surface area contributed by atoms with E-state index in [4.69, 9.17) is 22.1 Å². The van der Waals surface area contributed by atoms with Gasteiger partial charge in [-0.2, -0.15) is 0 Å². The summed E-state index contributed by atoms with van der Waals surface area (Å²) in [7, 11) is 1.79. The number of carbonyl (C=O) groups excluding carboxylic acids is 1. The standard InChI is InChI=1S/C18H21ClN2O2/c1-21(18(22)15-8-6-14(13-20)7-9-15)10-3-11-23-17-5-2-4-16(19)12-17/h2,4-9,12H,3,10-11,13,20H2,1H3. The number of halogens is 1. The Kier molecular flexibility index (Phi) is 6.44. The average Bonchev–Trinajstić information content (AvgIpc) is 2.58. The predicted molar refractivity (Wildman–Crippen MR) is 92.9 cm³/mol. The van der Waals surface area contributed by atoms with E-state index in [0.29, 0.717) is 30.3 Å². The van der Waals surface area contributed by atoms with E-state index in [1.54, 1.807) is 24.1 Å². The van der Waals surface area contributed by atoms with Crippen molar-refractivity contribution in [1.82, 2.24) is 4.90 Å². The molecule has 0 fully saturated rings. The quantitative estimate of drug-likeness (QED) is 0.791. The Morgan fingerprint density at radius 2 is 1.96 bits per heavy atom. The van der Waals surface area contributed by atoms with Gasteiger partial charge in [0, 0.05) is 30.7 Å². The van der Waals surface area contributed by atoms with Crippen molar-refractivity contribution in [3.63, 3.8) is 0 Å². The Morgan fingerprint density at radius 3 is 2.61 bits per heavy atom. The van der Waals surface area contributed by atoms with Crippen LogP contribution in [0.25, 0.3) is 0 Å². The van der Waals surface area contributed by atoms with Crippen molar-refractivity contribution in [2.75, 3.05) is 20.2 Å². The number of hydrogen-bond acceptors (Lipinski definition) is 3. The van der Waals surface area contributed by atoms with E-state index in [0.717, 1.165) is 17.7 Å². The third-order valence-electron chi connectivity index (χ3n) is 3.49. The molecule has 0 saturated carbocycles. The molecule has 2 N–H and O–H groups in total. The van der Waals surface area contributed by atoms with E-state index in [1.807, 2.05) is 36.4 Å². The summed E-state index contributed by atoms with van der Waals surface area (Å²) < 4.78 is 5.62. The fourth-order valence-electron chi connectivity index (χ4n) is 2.15. The summed E-state index contributed by atoms with van der Waals surface area (Å²) in [6, 6.07) is 14.7. The first-order valence-electron chi connectivity index (χ1n) is 7.53. The molecule has 0 aliphatic rings. The van der Waals surface area contributed by atoms with Crippen molar-refractivity contribution >= 4 is 17.5 Å². The van der Waals surface area contributed by atoms with Crippen molar-refractivity contribution < 1.29 is 9.53 Å². The molecule has 0 unspecified atom stereocenters. The second kappa shape index (κ2) is 8.56. The first-order chi connectivity index (χ1) is 11.1. The third-order valence-corrected chi connectivity index (χ3v) is 3.72. The maximum Gasteiger partial charge on any atom is 0.253 e. The zero-order valence-corrected chi connectivity index (χ0v) is 13.9. The van der Waals surface area contributed by atoms with Crippen LogP contribution in [0.2, 0.25) is 5.02 Å². The van der Waals surface area contributed by atoms with E-state index in [9.17, 15) is 4.79 Å². The Hall–Kier alpha value is -2.04. The van der Waals surface area contributed by atoms with Crippen molar-refractivity contribution in [2.45, 2.75) is 13.0 Å². The van der Waals surface area contributed by atoms with E-state index in [1.165, 1.54) is 0 Å². The molecule has 23 heavy (non-hydrogen) atoms. The number of nitrogens with zero attached hydrogens (tertiary/aromatic N) is 1. The Labute approximate surface area is 141 Å². The lowest BCUT2D eigenvalue weighted by Gasteiger charge is -2.17. The molecular weight excluding hydrogens is 312 g/mol. The van der Waals surface area contributed by atoms with Gasteiger partial charge in [-0.05, 0) is 42.3 Å².